The highest BCUT2D eigenvalue weighted by atomic mass is 16.4. The Kier molecular flexibility index (Phi) is 3.53. The van der Waals surface area contributed by atoms with Crippen LogP contribution in [0.1, 0.15) is 72.6 Å². The molecule has 4 aliphatic rings. The fraction of sp³-hybridized carbons (Fsp3) is 0.857. The highest BCUT2D eigenvalue weighted by Crippen LogP contribution is 2.68. The van der Waals surface area contributed by atoms with Crippen molar-refractivity contribution in [2.75, 3.05) is 0 Å². The molecule has 7 atom stereocenters. The molecule has 0 spiro atoms. The molecule has 3 fully saturated rings. The van der Waals surface area contributed by atoms with Crippen molar-refractivity contribution in [2.24, 2.45) is 39.7 Å². The highest BCUT2D eigenvalue weighted by Gasteiger charge is 2.63. The lowest BCUT2D eigenvalue weighted by Gasteiger charge is -2.60. The first-order valence-corrected chi connectivity index (χ1v) is 9.87. The topological polar surface area (TPSA) is 52.8 Å². The lowest BCUT2D eigenvalue weighted by Crippen LogP contribution is -2.56. The summed E-state index contributed by atoms with van der Waals surface area (Å²) in [5.41, 5.74) is 2.23. The smallest absolute Gasteiger partial charge is 0.0795 e. The largest absolute Gasteiger partial charge is 0.411 e. The standard InChI is InChI=1S/C21H33NO2/c1-13-11-14-12-15(22-24)5-8-19(14,2)16-6-9-20(3)17(18(13)16)7-10-21(20,4)23/h12-13,16-18,23-24H,5-11H2,1-4H3/b22-15+/t13-,16-,17-,18+,19-,20-,21-/m0/s1. The van der Waals surface area contributed by atoms with Gasteiger partial charge in [0.15, 0.2) is 0 Å². The van der Waals surface area contributed by atoms with Gasteiger partial charge in [0.1, 0.15) is 0 Å². The van der Waals surface area contributed by atoms with Crippen LogP contribution < -0.4 is 0 Å². The minimum Gasteiger partial charge on any atom is -0.411 e. The number of aliphatic hydroxyl groups is 1. The van der Waals surface area contributed by atoms with Crippen LogP contribution in [0.4, 0.5) is 0 Å². The Balaban J connectivity index is 1.73. The Bertz CT molecular complexity index is 607. The second-order valence-electron chi connectivity index (χ2n) is 9.92. The van der Waals surface area contributed by atoms with E-state index in [0.29, 0.717) is 11.8 Å². The summed E-state index contributed by atoms with van der Waals surface area (Å²) in [4.78, 5) is 0. The number of rotatable bonds is 0. The number of hydrogen-bond donors (Lipinski definition) is 2. The third kappa shape index (κ3) is 1.97. The normalized spacial score (nSPS) is 55.5. The van der Waals surface area contributed by atoms with Crippen LogP contribution in [0.5, 0.6) is 0 Å². The Morgan fingerprint density at radius 1 is 1.08 bits per heavy atom. The Morgan fingerprint density at radius 2 is 1.79 bits per heavy atom. The van der Waals surface area contributed by atoms with Crippen LogP contribution in [-0.4, -0.2) is 21.6 Å². The Hall–Kier alpha value is -0.830. The second-order valence-corrected chi connectivity index (χ2v) is 9.92. The molecule has 0 unspecified atom stereocenters. The summed E-state index contributed by atoms with van der Waals surface area (Å²) in [5.74, 6) is 2.77. The predicted octanol–water partition coefficient (Wildman–Crippen LogP) is 4.78. The minimum absolute atomic E-state index is 0.0897. The molecular formula is C21H33NO2. The van der Waals surface area contributed by atoms with Crippen LogP contribution in [0.25, 0.3) is 0 Å². The van der Waals surface area contributed by atoms with Gasteiger partial charge in [0.05, 0.1) is 11.3 Å². The predicted molar refractivity (Wildman–Crippen MR) is 96.1 cm³/mol. The van der Waals surface area contributed by atoms with Crippen LogP contribution in [0, 0.1) is 34.5 Å². The molecule has 0 heterocycles. The van der Waals surface area contributed by atoms with Crippen LogP contribution >= 0.6 is 0 Å². The second kappa shape index (κ2) is 5.09. The lowest BCUT2D eigenvalue weighted by molar-refractivity contribution is -0.128. The lowest BCUT2D eigenvalue weighted by atomic mass is 9.44. The number of oxime groups is 1. The number of fused-ring (bicyclic) bond motifs is 5. The summed E-state index contributed by atoms with van der Waals surface area (Å²) in [6.45, 7) is 9.32. The van der Waals surface area contributed by atoms with E-state index in [9.17, 15) is 10.3 Å². The van der Waals surface area contributed by atoms with Gasteiger partial charge >= 0.3 is 0 Å². The van der Waals surface area contributed by atoms with Gasteiger partial charge in [-0.05, 0) is 92.4 Å². The SMILES string of the molecule is C[C@H]1CC2=C/C(=N/O)CC[C@]2(C)[C@H]2CC[C@@]3(C)[C@@H](CC[C@]3(C)O)[C@H]12. The summed E-state index contributed by atoms with van der Waals surface area (Å²) in [6.07, 6.45) is 9.87. The number of nitrogens with zero attached hydrogens (tertiary/aromatic N) is 1. The van der Waals surface area contributed by atoms with Crippen molar-refractivity contribution in [3.63, 3.8) is 0 Å². The third-order valence-corrected chi connectivity index (χ3v) is 9.02. The molecule has 0 saturated heterocycles. The molecule has 0 aromatic carbocycles. The van der Waals surface area contributed by atoms with Crippen LogP contribution in [-0.2, 0) is 0 Å². The maximum atomic E-state index is 11.0. The van der Waals surface area contributed by atoms with Gasteiger partial charge < -0.3 is 10.3 Å². The number of hydrogen-bond acceptors (Lipinski definition) is 3. The summed E-state index contributed by atoms with van der Waals surface area (Å²) < 4.78 is 0. The minimum atomic E-state index is -0.497. The summed E-state index contributed by atoms with van der Waals surface area (Å²) >= 11 is 0. The van der Waals surface area contributed by atoms with Gasteiger partial charge in [0.25, 0.3) is 0 Å². The van der Waals surface area contributed by atoms with Crippen molar-refractivity contribution in [2.45, 2.75) is 78.2 Å². The molecule has 0 bridgehead atoms. The summed E-state index contributed by atoms with van der Waals surface area (Å²) in [6, 6.07) is 0. The zero-order valence-electron chi connectivity index (χ0n) is 15.7. The van der Waals surface area contributed by atoms with E-state index in [1.807, 2.05) is 0 Å². The molecule has 0 aromatic rings. The van der Waals surface area contributed by atoms with E-state index >= 15 is 0 Å². The molecular weight excluding hydrogens is 298 g/mol. The van der Waals surface area contributed by atoms with Gasteiger partial charge in [-0.1, -0.05) is 31.5 Å². The zero-order chi connectivity index (χ0) is 17.3. The van der Waals surface area contributed by atoms with Crippen LogP contribution in [0.15, 0.2) is 16.8 Å². The first-order valence-electron chi connectivity index (χ1n) is 9.87. The number of allylic oxidation sites excluding steroid dienone is 2. The summed E-state index contributed by atoms with van der Waals surface area (Å²) in [5, 5.41) is 23.7. The fourth-order valence-corrected chi connectivity index (χ4v) is 7.24. The van der Waals surface area contributed by atoms with Crippen molar-refractivity contribution in [1.29, 1.82) is 0 Å². The molecule has 0 aromatic heterocycles. The van der Waals surface area contributed by atoms with Crippen molar-refractivity contribution >= 4 is 5.71 Å². The Labute approximate surface area is 146 Å². The molecule has 4 rings (SSSR count). The van der Waals surface area contributed by atoms with Crippen LogP contribution in [0.2, 0.25) is 0 Å². The third-order valence-electron chi connectivity index (χ3n) is 9.02. The fourth-order valence-electron chi connectivity index (χ4n) is 7.24. The van der Waals surface area contributed by atoms with Crippen molar-refractivity contribution in [1.82, 2.24) is 0 Å². The quantitative estimate of drug-likeness (QED) is 0.496. The average Bonchev–Trinajstić information content (AvgIpc) is 2.78. The molecule has 2 N–H and O–H groups in total. The molecule has 24 heavy (non-hydrogen) atoms. The molecule has 0 amide bonds. The van der Waals surface area contributed by atoms with E-state index in [-0.39, 0.29) is 10.8 Å². The van der Waals surface area contributed by atoms with E-state index in [2.05, 4.69) is 38.9 Å². The maximum Gasteiger partial charge on any atom is 0.0795 e. The van der Waals surface area contributed by atoms with E-state index in [1.54, 1.807) is 0 Å². The van der Waals surface area contributed by atoms with Crippen molar-refractivity contribution < 1.29 is 10.3 Å². The van der Waals surface area contributed by atoms with Gasteiger partial charge in [-0.3, -0.25) is 0 Å². The monoisotopic (exact) mass is 331 g/mol. The molecule has 0 aliphatic heterocycles. The van der Waals surface area contributed by atoms with Crippen molar-refractivity contribution in [3.05, 3.63) is 11.6 Å². The highest BCUT2D eigenvalue weighted by molar-refractivity contribution is 5.96. The molecule has 134 valence electrons. The van der Waals surface area contributed by atoms with Gasteiger partial charge in [-0.15, -0.1) is 0 Å². The van der Waals surface area contributed by atoms with E-state index in [4.69, 9.17) is 0 Å². The van der Waals surface area contributed by atoms with E-state index < -0.39 is 5.60 Å². The van der Waals surface area contributed by atoms with Crippen molar-refractivity contribution in [3.8, 4) is 0 Å². The maximum absolute atomic E-state index is 11.0. The first-order chi connectivity index (χ1) is 11.2. The Morgan fingerprint density at radius 3 is 2.50 bits per heavy atom. The zero-order valence-corrected chi connectivity index (χ0v) is 15.7. The first kappa shape index (κ1) is 16.6. The molecule has 4 aliphatic carbocycles. The molecule has 3 nitrogen and oxygen atoms in total. The van der Waals surface area contributed by atoms with Gasteiger partial charge in [-0.2, -0.15) is 0 Å². The van der Waals surface area contributed by atoms with E-state index in [0.717, 1.165) is 49.7 Å². The molecule has 3 heteroatoms. The summed E-state index contributed by atoms with van der Waals surface area (Å²) in [7, 11) is 0. The van der Waals surface area contributed by atoms with E-state index in [1.165, 1.54) is 18.4 Å². The van der Waals surface area contributed by atoms with Gasteiger partial charge in [-0.25, -0.2) is 0 Å². The average molecular weight is 332 g/mol. The van der Waals surface area contributed by atoms with Gasteiger partial charge in [0.2, 0.25) is 0 Å². The molecule has 0 radical (unpaired) electrons. The van der Waals surface area contributed by atoms with Gasteiger partial charge in [0, 0.05) is 0 Å². The van der Waals surface area contributed by atoms with Crippen LogP contribution in [0.3, 0.4) is 0 Å². The molecule has 3 saturated carbocycles.